The number of hydrogen-bond donors (Lipinski definition) is 1. The van der Waals surface area contributed by atoms with E-state index in [1.807, 2.05) is 13.8 Å². The first-order valence-electron chi connectivity index (χ1n) is 7.94. The highest BCUT2D eigenvalue weighted by molar-refractivity contribution is 7.91. The number of fused-ring (bicyclic) bond motifs is 1. The molecular weight excluding hydrogens is 316 g/mol. The molecule has 7 nitrogen and oxygen atoms in total. The molecule has 0 unspecified atom stereocenters. The number of nitrogens with one attached hydrogen (secondary N) is 1. The zero-order valence-electron chi connectivity index (χ0n) is 13.9. The summed E-state index contributed by atoms with van der Waals surface area (Å²) in [6, 6.07) is 0. The molecule has 1 aromatic heterocycles. The van der Waals surface area contributed by atoms with Gasteiger partial charge in [0.1, 0.15) is 5.82 Å². The van der Waals surface area contributed by atoms with Crippen molar-refractivity contribution in [2.75, 3.05) is 24.6 Å². The van der Waals surface area contributed by atoms with Crippen LogP contribution >= 0.6 is 0 Å². The summed E-state index contributed by atoms with van der Waals surface area (Å²) in [6.07, 6.45) is 0.490. The Kier molecular flexibility index (Phi) is 4.00. The molecule has 0 radical (unpaired) electrons. The molecule has 1 N–H and O–H groups in total. The summed E-state index contributed by atoms with van der Waals surface area (Å²) in [5.74, 6) is 1.07. The zero-order valence-corrected chi connectivity index (χ0v) is 14.7. The SMILES string of the molecule is Cc1nc2n(c1C)CCN(CC(=O)N[C@@]1(C)CCS(=O)(=O)C1)C2. The molecule has 1 atom stereocenters. The molecule has 1 amide bonds. The van der Waals surface area contributed by atoms with Crippen LogP contribution in [0, 0.1) is 13.8 Å². The van der Waals surface area contributed by atoms with Gasteiger partial charge in [-0.2, -0.15) is 0 Å². The van der Waals surface area contributed by atoms with E-state index < -0.39 is 15.4 Å². The molecule has 0 aromatic carbocycles. The van der Waals surface area contributed by atoms with E-state index in [4.69, 9.17) is 0 Å². The van der Waals surface area contributed by atoms with Gasteiger partial charge in [-0.05, 0) is 27.2 Å². The third-order valence-corrected chi connectivity index (χ3v) is 6.76. The van der Waals surface area contributed by atoms with Gasteiger partial charge in [-0.25, -0.2) is 13.4 Å². The lowest BCUT2D eigenvalue weighted by Gasteiger charge is -2.30. The normalized spacial score (nSPS) is 26.9. The van der Waals surface area contributed by atoms with E-state index >= 15 is 0 Å². The molecule has 3 rings (SSSR count). The number of carbonyl (C=O) groups excluding carboxylic acids is 1. The molecule has 0 aliphatic carbocycles. The Hall–Kier alpha value is -1.41. The van der Waals surface area contributed by atoms with Crippen LogP contribution in [0.3, 0.4) is 0 Å². The lowest BCUT2D eigenvalue weighted by molar-refractivity contribution is -0.124. The van der Waals surface area contributed by atoms with Crippen LogP contribution in [-0.2, 0) is 27.7 Å². The zero-order chi connectivity index (χ0) is 16.8. The Labute approximate surface area is 137 Å². The quantitative estimate of drug-likeness (QED) is 0.838. The van der Waals surface area contributed by atoms with Crippen molar-refractivity contribution in [2.24, 2.45) is 0 Å². The third kappa shape index (κ3) is 3.42. The van der Waals surface area contributed by atoms with Gasteiger partial charge >= 0.3 is 0 Å². The van der Waals surface area contributed by atoms with Crippen LogP contribution in [0.15, 0.2) is 0 Å². The highest BCUT2D eigenvalue weighted by Gasteiger charge is 2.39. The minimum Gasteiger partial charge on any atom is -0.349 e. The number of rotatable bonds is 3. The smallest absolute Gasteiger partial charge is 0.234 e. The fourth-order valence-electron chi connectivity index (χ4n) is 3.48. The maximum Gasteiger partial charge on any atom is 0.234 e. The molecule has 3 heterocycles. The number of amides is 1. The molecule has 1 fully saturated rings. The molecule has 23 heavy (non-hydrogen) atoms. The van der Waals surface area contributed by atoms with E-state index in [0.29, 0.717) is 13.0 Å². The molecule has 8 heteroatoms. The minimum atomic E-state index is -3.02. The number of aryl methyl sites for hydroxylation is 1. The first-order valence-corrected chi connectivity index (χ1v) is 9.76. The number of sulfone groups is 1. The molecule has 1 saturated heterocycles. The van der Waals surface area contributed by atoms with Crippen LogP contribution in [0.4, 0.5) is 0 Å². The molecule has 0 spiro atoms. The van der Waals surface area contributed by atoms with Gasteiger partial charge in [0, 0.05) is 18.8 Å². The van der Waals surface area contributed by atoms with Crippen molar-refractivity contribution in [1.29, 1.82) is 0 Å². The summed E-state index contributed by atoms with van der Waals surface area (Å²) >= 11 is 0. The van der Waals surface area contributed by atoms with Crippen molar-refractivity contribution >= 4 is 15.7 Å². The maximum atomic E-state index is 12.3. The molecule has 128 valence electrons. The number of hydrogen-bond acceptors (Lipinski definition) is 5. The second-order valence-corrected chi connectivity index (χ2v) is 9.20. The van der Waals surface area contributed by atoms with Crippen molar-refractivity contribution in [3.63, 3.8) is 0 Å². The van der Waals surface area contributed by atoms with Crippen molar-refractivity contribution in [3.05, 3.63) is 17.2 Å². The van der Waals surface area contributed by atoms with Crippen molar-refractivity contribution in [3.8, 4) is 0 Å². The molecule has 1 aromatic rings. The third-order valence-electron chi connectivity index (χ3n) is 4.85. The highest BCUT2D eigenvalue weighted by Crippen LogP contribution is 2.23. The largest absolute Gasteiger partial charge is 0.349 e. The van der Waals surface area contributed by atoms with Gasteiger partial charge in [-0.15, -0.1) is 0 Å². The van der Waals surface area contributed by atoms with E-state index in [2.05, 4.69) is 26.7 Å². The van der Waals surface area contributed by atoms with Crippen LogP contribution in [0.25, 0.3) is 0 Å². The van der Waals surface area contributed by atoms with Crippen LogP contribution < -0.4 is 5.32 Å². The van der Waals surface area contributed by atoms with Crippen LogP contribution in [0.1, 0.15) is 30.6 Å². The standard InChI is InChI=1S/C15H24N4O3S/c1-11-12(2)19-6-5-18(8-13(19)16-11)9-14(20)17-15(3)4-7-23(21,22)10-15/h4-10H2,1-3H3,(H,17,20)/t15-/m0/s1. The molecular formula is C15H24N4O3S. The lowest BCUT2D eigenvalue weighted by Crippen LogP contribution is -2.51. The van der Waals surface area contributed by atoms with Gasteiger partial charge in [-0.3, -0.25) is 9.69 Å². The second-order valence-electron chi connectivity index (χ2n) is 7.01. The number of imidazole rings is 1. The maximum absolute atomic E-state index is 12.3. The van der Waals surface area contributed by atoms with Crippen LogP contribution in [0.2, 0.25) is 0 Å². The minimum absolute atomic E-state index is 0.0362. The first-order chi connectivity index (χ1) is 10.7. The van der Waals surface area contributed by atoms with Gasteiger partial charge in [-0.1, -0.05) is 0 Å². The summed E-state index contributed by atoms with van der Waals surface area (Å²) in [7, 11) is -3.02. The Morgan fingerprint density at radius 1 is 1.35 bits per heavy atom. The fraction of sp³-hybridized carbons (Fsp3) is 0.733. The summed E-state index contributed by atoms with van der Waals surface area (Å²) in [5, 5.41) is 2.91. The van der Waals surface area contributed by atoms with E-state index in [-0.39, 0.29) is 24.0 Å². The Morgan fingerprint density at radius 2 is 2.09 bits per heavy atom. The Morgan fingerprint density at radius 3 is 2.74 bits per heavy atom. The van der Waals surface area contributed by atoms with Gasteiger partial charge < -0.3 is 9.88 Å². The van der Waals surface area contributed by atoms with E-state index in [1.165, 1.54) is 5.69 Å². The Balaban J connectivity index is 1.59. The highest BCUT2D eigenvalue weighted by atomic mass is 32.2. The Bertz CT molecular complexity index is 740. The van der Waals surface area contributed by atoms with Crippen molar-refractivity contribution < 1.29 is 13.2 Å². The van der Waals surface area contributed by atoms with E-state index in [9.17, 15) is 13.2 Å². The average Bonchev–Trinajstić information content (AvgIpc) is 2.86. The van der Waals surface area contributed by atoms with Gasteiger partial charge in [0.2, 0.25) is 5.91 Å². The van der Waals surface area contributed by atoms with Gasteiger partial charge in [0.05, 0.1) is 35.8 Å². The van der Waals surface area contributed by atoms with Gasteiger partial charge in [0.25, 0.3) is 0 Å². The molecule has 0 saturated carbocycles. The number of carbonyl (C=O) groups is 1. The van der Waals surface area contributed by atoms with Crippen molar-refractivity contribution in [1.82, 2.24) is 19.8 Å². The molecule has 2 aliphatic rings. The first kappa shape index (κ1) is 16.4. The predicted octanol–water partition coefficient (Wildman–Crippen LogP) is 0.00894. The topological polar surface area (TPSA) is 84.3 Å². The van der Waals surface area contributed by atoms with Crippen LogP contribution in [-0.4, -0.2) is 58.9 Å². The molecule has 2 aliphatic heterocycles. The summed E-state index contributed by atoms with van der Waals surface area (Å²) < 4.78 is 25.4. The molecule has 0 bridgehead atoms. The van der Waals surface area contributed by atoms with Crippen LogP contribution in [0.5, 0.6) is 0 Å². The van der Waals surface area contributed by atoms with E-state index in [0.717, 1.165) is 24.6 Å². The average molecular weight is 340 g/mol. The summed E-state index contributed by atoms with van der Waals surface area (Å²) in [4.78, 5) is 18.9. The number of aromatic nitrogens is 2. The summed E-state index contributed by atoms with van der Waals surface area (Å²) in [5.41, 5.74) is 1.60. The summed E-state index contributed by atoms with van der Waals surface area (Å²) in [6.45, 7) is 8.43. The predicted molar refractivity (Wildman–Crippen MR) is 86.8 cm³/mol. The fourth-order valence-corrected chi connectivity index (χ4v) is 5.58. The lowest BCUT2D eigenvalue weighted by atomic mass is 10.0. The second kappa shape index (κ2) is 5.59. The monoisotopic (exact) mass is 340 g/mol. The van der Waals surface area contributed by atoms with Gasteiger partial charge in [0.15, 0.2) is 9.84 Å². The number of nitrogens with zero attached hydrogens (tertiary/aromatic N) is 3. The van der Waals surface area contributed by atoms with Crippen molar-refractivity contribution in [2.45, 2.75) is 45.8 Å². The van der Waals surface area contributed by atoms with E-state index in [1.54, 1.807) is 0 Å².